The maximum atomic E-state index is 12.9. The summed E-state index contributed by atoms with van der Waals surface area (Å²) in [4.78, 5) is 38.4. The first-order valence-corrected chi connectivity index (χ1v) is 8.70. The van der Waals surface area contributed by atoms with E-state index in [0.717, 1.165) is 4.90 Å². The zero-order chi connectivity index (χ0) is 21.0. The third-order valence-electron chi connectivity index (χ3n) is 4.43. The summed E-state index contributed by atoms with van der Waals surface area (Å²) in [5.41, 5.74) is 1.05. The Kier molecular flexibility index (Phi) is 5.82. The number of barbiturate groups is 1. The van der Waals surface area contributed by atoms with E-state index >= 15 is 0 Å². The molecule has 1 aliphatic heterocycles. The molecule has 8 heteroatoms. The first kappa shape index (κ1) is 19.9. The van der Waals surface area contributed by atoms with Gasteiger partial charge in [-0.2, -0.15) is 0 Å². The molecule has 0 spiro atoms. The van der Waals surface area contributed by atoms with Crippen LogP contribution in [0.3, 0.4) is 0 Å². The standard InChI is InChI=1S/C21H20N2O6/c1-27-15-7-4-13(5-8-15)12-23-20(25)17(19(24)22-21(23)26)10-14-6-9-16(28-2)11-18(14)29-3/h4-11H,12H2,1-3H3,(H,22,24,26)/b17-10+. The van der Waals surface area contributed by atoms with Gasteiger partial charge in [-0.25, -0.2) is 4.79 Å². The molecule has 8 nitrogen and oxygen atoms in total. The molecule has 2 aromatic carbocycles. The maximum absolute atomic E-state index is 12.9. The van der Waals surface area contributed by atoms with E-state index in [-0.39, 0.29) is 12.1 Å². The number of imide groups is 2. The number of benzene rings is 2. The topological polar surface area (TPSA) is 94.2 Å². The number of methoxy groups -OCH3 is 3. The Hall–Kier alpha value is -3.81. The van der Waals surface area contributed by atoms with Crippen LogP contribution in [0.5, 0.6) is 17.2 Å². The summed E-state index contributed by atoms with van der Waals surface area (Å²) < 4.78 is 15.6. The second-order valence-electron chi connectivity index (χ2n) is 6.16. The minimum Gasteiger partial charge on any atom is -0.497 e. The van der Waals surface area contributed by atoms with Crippen LogP contribution in [0.15, 0.2) is 48.0 Å². The Labute approximate surface area is 167 Å². The number of hydrogen-bond acceptors (Lipinski definition) is 6. The summed E-state index contributed by atoms with van der Waals surface area (Å²) >= 11 is 0. The average Bonchev–Trinajstić information content (AvgIpc) is 2.74. The molecule has 1 aliphatic rings. The monoisotopic (exact) mass is 396 g/mol. The highest BCUT2D eigenvalue weighted by atomic mass is 16.5. The zero-order valence-electron chi connectivity index (χ0n) is 16.2. The molecule has 0 aromatic heterocycles. The van der Waals surface area contributed by atoms with Crippen molar-refractivity contribution in [2.24, 2.45) is 0 Å². The SMILES string of the molecule is COc1ccc(CN2C(=O)NC(=O)/C(=C\c3ccc(OC)cc3OC)C2=O)cc1. The highest BCUT2D eigenvalue weighted by Crippen LogP contribution is 2.27. The molecule has 1 N–H and O–H groups in total. The molecule has 1 fully saturated rings. The lowest BCUT2D eigenvalue weighted by atomic mass is 10.1. The largest absolute Gasteiger partial charge is 0.497 e. The van der Waals surface area contributed by atoms with Gasteiger partial charge in [0.15, 0.2) is 0 Å². The van der Waals surface area contributed by atoms with Crippen molar-refractivity contribution in [3.8, 4) is 17.2 Å². The number of rotatable bonds is 6. The van der Waals surface area contributed by atoms with E-state index in [0.29, 0.717) is 28.4 Å². The molecule has 4 amide bonds. The molecule has 0 unspecified atom stereocenters. The van der Waals surface area contributed by atoms with E-state index in [9.17, 15) is 14.4 Å². The Morgan fingerprint density at radius 2 is 1.55 bits per heavy atom. The van der Waals surface area contributed by atoms with Crippen LogP contribution >= 0.6 is 0 Å². The molecule has 2 aromatic rings. The van der Waals surface area contributed by atoms with E-state index in [2.05, 4.69) is 5.32 Å². The fourth-order valence-corrected chi connectivity index (χ4v) is 2.84. The highest BCUT2D eigenvalue weighted by Gasteiger charge is 2.35. The van der Waals surface area contributed by atoms with Gasteiger partial charge in [0.05, 0.1) is 27.9 Å². The fourth-order valence-electron chi connectivity index (χ4n) is 2.84. The quantitative estimate of drug-likeness (QED) is 0.595. The van der Waals surface area contributed by atoms with Crippen LogP contribution in [-0.4, -0.2) is 44.1 Å². The minimum atomic E-state index is -0.769. The van der Waals surface area contributed by atoms with Crippen molar-refractivity contribution in [1.29, 1.82) is 0 Å². The van der Waals surface area contributed by atoms with Crippen molar-refractivity contribution in [2.45, 2.75) is 6.54 Å². The Morgan fingerprint density at radius 3 is 2.17 bits per heavy atom. The molecule has 3 rings (SSSR count). The molecule has 0 atom stereocenters. The van der Waals surface area contributed by atoms with Crippen LogP contribution < -0.4 is 19.5 Å². The van der Waals surface area contributed by atoms with E-state index in [1.54, 1.807) is 49.6 Å². The molecule has 1 heterocycles. The van der Waals surface area contributed by atoms with Gasteiger partial charge in [-0.15, -0.1) is 0 Å². The van der Waals surface area contributed by atoms with E-state index in [1.807, 2.05) is 0 Å². The number of carbonyl (C=O) groups excluding carboxylic acids is 3. The van der Waals surface area contributed by atoms with Crippen LogP contribution in [0.25, 0.3) is 6.08 Å². The first-order chi connectivity index (χ1) is 14.0. The Bertz CT molecular complexity index is 981. The van der Waals surface area contributed by atoms with Crippen LogP contribution in [-0.2, 0) is 16.1 Å². The molecule has 0 aliphatic carbocycles. The van der Waals surface area contributed by atoms with Crippen molar-refractivity contribution < 1.29 is 28.6 Å². The molecule has 0 bridgehead atoms. The van der Waals surface area contributed by atoms with Gasteiger partial charge in [-0.3, -0.25) is 19.8 Å². The molecule has 0 radical (unpaired) electrons. The zero-order valence-corrected chi connectivity index (χ0v) is 16.2. The van der Waals surface area contributed by atoms with Gasteiger partial charge in [-0.1, -0.05) is 12.1 Å². The molecular weight excluding hydrogens is 376 g/mol. The summed E-state index contributed by atoms with van der Waals surface area (Å²) in [6.07, 6.45) is 1.39. The number of amides is 4. The highest BCUT2D eigenvalue weighted by molar-refractivity contribution is 6.31. The number of nitrogens with one attached hydrogen (secondary N) is 1. The maximum Gasteiger partial charge on any atom is 0.331 e. The van der Waals surface area contributed by atoms with Gasteiger partial charge in [-0.05, 0) is 35.9 Å². The number of carbonyl (C=O) groups is 3. The average molecular weight is 396 g/mol. The van der Waals surface area contributed by atoms with Gasteiger partial charge in [0, 0.05) is 11.6 Å². The molecule has 150 valence electrons. The smallest absolute Gasteiger partial charge is 0.331 e. The number of ether oxygens (including phenoxy) is 3. The normalized spacial score (nSPS) is 15.3. The van der Waals surface area contributed by atoms with Crippen molar-refractivity contribution in [3.63, 3.8) is 0 Å². The van der Waals surface area contributed by atoms with Crippen molar-refractivity contribution in [1.82, 2.24) is 10.2 Å². The van der Waals surface area contributed by atoms with Crippen molar-refractivity contribution in [2.75, 3.05) is 21.3 Å². The third-order valence-corrected chi connectivity index (χ3v) is 4.43. The predicted molar refractivity (Wildman–Crippen MR) is 105 cm³/mol. The molecule has 29 heavy (non-hydrogen) atoms. The lowest BCUT2D eigenvalue weighted by Gasteiger charge is -2.26. The summed E-state index contributed by atoms with van der Waals surface area (Å²) in [5, 5.41) is 2.20. The van der Waals surface area contributed by atoms with Crippen LogP contribution in [0, 0.1) is 0 Å². The van der Waals surface area contributed by atoms with Crippen LogP contribution in [0.2, 0.25) is 0 Å². The number of nitrogens with zero attached hydrogens (tertiary/aromatic N) is 1. The summed E-state index contributed by atoms with van der Waals surface area (Å²) in [5.74, 6) is 0.206. The summed E-state index contributed by atoms with van der Waals surface area (Å²) in [7, 11) is 4.54. The number of hydrogen-bond donors (Lipinski definition) is 1. The van der Waals surface area contributed by atoms with Crippen LogP contribution in [0.1, 0.15) is 11.1 Å². The Balaban J connectivity index is 1.91. The van der Waals surface area contributed by atoms with Gasteiger partial charge in [0.2, 0.25) is 0 Å². The van der Waals surface area contributed by atoms with Gasteiger partial charge >= 0.3 is 6.03 Å². The Morgan fingerprint density at radius 1 is 0.897 bits per heavy atom. The molecular formula is C21H20N2O6. The van der Waals surface area contributed by atoms with E-state index in [4.69, 9.17) is 14.2 Å². The van der Waals surface area contributed by atoms with Crippen LogP contribution in [0.4, 0.5) is 4.79 Å². The summed E-state index contributed by atoms with van der Waals surface area (Å²) in [6.45, 7) is 0.0129. The number of urea groups is 1. The minimum absolute atomic E-state index is 0.0129. The lowest BCUT2D eigenvalue weighted by Crippen LogP contribution is -2.53. The van der Waals surface area contributed by atoms with Gasteiger partial charge < -0.3 is 14.2 Å². The third kappa shape index (κ3) is 4.21. The lowest BCUT2D eigenvalue weighted by molar-refractivity contribution is -0.130. The van der Waals surface area contributed by atoms with Crippen molar-refractivity contribution >= 4 is 23.9 Å². The fraction of sp³-hybridized carbons (Fsp3) is 0.190. The van der Waals surface area contributed by atoms with E-state index in [1.165, 1.54) is 20.3 Å². The van der Waals surface area contributed by atoms with Gasteiger partial charge in [0.1, 0.15) is 22.8 Å². The summed E-state index contributed by atoms with van der Waals surface area (Å²) in [6, 6.07) is 11.2. The molecule has 0 saturated carbocycles. The first-order valence-electron chi connectivity index (χ1n) is 8.70. The van der Waals surface area contributed by atoms with Gasteiger partial charge in [0.25, 0.3) is 11.8 Å². The second kappa shape index (κ2) is 8.47. The predicted octanol–water partition coefficient (Wildman–Crippen LogP) is 2.37. The second-order valence-corrected chi connectivity index (χ2v) is 6.16. The molecule has 1 saturated heterocycles. The van der Waals surface area contributed by atoms with Crippen molar-refractivity contribution in [3.05, 3.63) is 59.2 Å². The van der Waals surface area contributed by atoms with E-state index < -0.39 is 17.8 Å².